The molecule has 5 nitrogen and oxygen atoms in total. The fourth-order valence-corrected chi connectivity index (χ4v) is 2.52. The van der Waals surface area contributed by atoms with Crippen LogP contribution < -0.4 is 16.4 Å². The van der Waals surface area contributed by atoms with Crippen LogP contribution >= 0.6 is 0 Å². The summed E-state index contributed by atoms with van der Waals surface area (Å²) in [6, 6.07) is 5.07. The summed E-state index contributed by atoms with van der Waals surface area (Å²) in [6.07, 6.45) is 1.38. The SMILES string of the molecule is Nc1ccc2c(c1)C1(CC2)NC(=O)NC1=O. The second-order valence-electron chi connectivity index (χ2n) is 4.23. The Morgan fingerprint density at radius 3 is 2.81 bits per heavy atom. The second kappa shape index (κ2) is 2.75. The molecule has 1 aromatic carbocycles. The monoisotopic (exact) mass is 217 g/mol. The molecule has 5 heteroatoms. The van der Waals surface area contributed by atoms with Gasteiger partial charge in [0.15, 0.2) is 0 Å². The van der Waals surface area contributed by atoms with Gasteiger partial charge in [0.1, 0.15) is 5.54 Å². The zero-order valence-corrected chi connectivity index (χ0v) is 8.54. The number of nitrogens with one attached hydrogen (secondary N) is 2. The van der Waals surface area contributed by atoms with Crippen molar-refractivity contribution in [2.75, 3.05) is 5.73 Å². The molecule has 16 heavy (non-hydrogen) atoms. The second-order valence-corrected chi connectivity index (χ2v) is 4.23. The number of nitrogens with two attached hydrogens (primary N) is 1. The topological polar surface area (TPSA) is 84.2 Å². The van der Waals surface area contributed by atoms with Crippen LogP contribution in [0.1, 0.15) is 17.5 Å². The summed E-state index contributed by atoms with van der Waals surface area (Å²) in [5.41, 5.74) is 7.34. The van der Waals surface area contributed by atoms with Crippen LogP contribution in [-0.4, -0.2) is 11.9 Å². The maximum absolute atomic E-state index is 11.8. The molecule has 0 aromatic heterocycles. The standard InChI is InChI=1S/C11H11N3O2/c12-7-2-1-6-3-4-11(8(6)5-7)9(15)13-10(16)14-11/h1-2,5H,3-4,12H2,(H2,13,14,15,16). The molecular weight excluding hydrogens is 206 g/mol. The smallest absolute Gasteiger partial charge is 0.322 e. The van der Waals surface area contributed by atoms with Gasteiger partial charge < -0.3 is 11.1 Å². The Hall–Kier alpha value is -2.04. The number of nitrogen functional groups attached to an aromatic ring is 1. The third-order valence-corrected chi connectivity index (χ3v) is 3.30. The van der Waals surface area contributed by atoms with Gasteiger partial charge in [0, 0.05) is 5.69 Å². The van der Waals surface area contributed by atoms with E-state index in [0.29, 0.717) is 12.1 Å². The summed E-state index contributed by atoms with van der Waals surface area (Å²) in [7, 11) is 0. The number of hydrogen-bond donors (Lipinski definition) is 3. The lowest BCUT2D eigenvalue weighted by Crippen LogP contribution is -2.41. The average Bonchev–Trinajstić information content (AvgIpc) is 2.71. The Bertz CT molecular complexity index is 512. The van der Waals surface area contributed by atoms with E-state index in [1.807, 2.05) is 12.1 Å². The lowest BCUT2D eigenvalue weighted by molar-refractivity contribution is -0.124. The Kier molecular flexibility index (Phi) is 1.58. The molecule has 1 unspecified atom stereocenters. The van der Waals surface area contributed by atoms with Crippen LogP contribution in [0.4, 0.5) is 10.5 Å². The van der Waals surface area contributed by atoms with Crippen molar-refractivity contribution in [3.8, 4) is 0 Å². The van der Waals surface area contributed by atoms with E-state index in [2.05, 4.69) is 10.6 Å². The largest absolute Gasteiger partial charge is 0.399 e. The highest BCUT2D eigenvalue weighted by Gasteiger charge is 2.51. The average molecular weight is 217 g/mol. The third-order valence-electron chi connectivity index (χ3n) is 3.30. The van der Waals surface area contributed by atoms with Gasteiger partial charge in [-0.25, -0.2) is 4.79 Å². The van der Waals surface area contributed by atoms with Crippen LogP contribution in [0.5, 0.6) is 0 Å². The minimum Gasteiger partial charge on any atom is -0.399 e. The van der Waals surface area contributed by atoms with Crippen LogP contribution in [0.25, 0.3) is 0 Å². The summed E-state index contributed by atoms with van der Waals surface area (Å²) in [6.45, 7) is 0. The van der Waals surface area contributed by atoms with Crippen molar-refractivity contribution in [1.29, 1.82) is 0 Å². The molecule has 0 saturated carbocycles. The van der Waals surface area contributed by atoms with E-state index in [4.69, 9.17) is 5.73 Å². The molecule has 1 aliphatic heterocycles. The van der Waals surface area contributed by atoms with Crippen molar-refractivity contribution in [2.45, 2.75) is 18.4 Å². The molecule has 3 rings (SSSR count). The maximum atomic E-state index is 11.8. The van der Waals surface area contributed by atoms with Gasteiger partial charge in [-0.3, -0.25) is 10.1 Å². The number of rotatable bonds is 0. The molecule has 82 valence electrons. The lowest BCUT2D eigenvalue weighted by Gasteiger charge is -2.21. The van der Waals surface area contributed by atoms with Gasteiger partial charge in [-0.05, 0) is 36.1 Å². The molecule has 0 radical (unpaired) electrons. The van der Waals surface area contributed by atoms with E-state index in [1.165, 1.54) is 0 Å². The zero-order chi connectivity index (χ0) is 11.3. The Balaban J connectivity index is 2.18. The lowest BCUT2D eigenvalue weighted by atomic mass is 9.92. The molecule has 1 fully saturated rings. The molecule has 2 aliphatic rings. The fourth-order valence-electron chi connectivity index (χ4n) is 2.52. The van der Waals surface area contributed by atoms with Crippen molar-refractivity contribution in [3.05, 3.63) is 29.3 Å². The molecule has 1 heterocycles. The highest BCUT2D eigenvalue weighted by molar-refractivity contribution is 6.08. The van der Waals surface area contributed by atoms with E-state index in [1.54, 1.807) is 6.07 Å². The van der Waals surface area contributed by atoms with E-state index < -0.39 is 11.6 Å². The van der Waals surface area contributed by atoms with Crippen LogP contribution in [0, 0.1) is 0 Å². The van der Waals surface area contributed by atoms with E-state index in [9.17, 15) is 9.59 Å². The molecule has 1 saturated heterocycles. The molecule has 1 aromatic rings. The number of benzene rings is 1. The number of aryl methyl sites for hydroxylation is 1. The van der Waals surface area contributed by atoms with Gasteiger partial charge in [0.2, 0.25) is 0 Å². The molecule has 1 atom stereocenters. The Morgan fingerprint density at radius 1 is 1.31 bits per heavy atom. The summed E-state index contributed by atoms with van der Waals surface area (Å²) in [5.74, 6) is -0.276. The quantitative estimate of drug-likeness (QED) is 0.430. The van der Waals surface area contributed by atoms with Gasteiger partial charge in [0.05, 0.1) is 0 Å². The van der Waals surface area contributed by atoms with Gasteiger partial charge in [-0.15, -0.1) is 0 Å². The number of imide groups is 1. The van der Waals surface area contributed by atoms with Gasteiger partial charge in [0.25, 0.3) is 5.91 Å². The Labute approximate surface area is 92.0 Å². The van der Waals surface area contributed by atoms with Crippen LogP contribution in [0.2, 0.25) is 0 Å². The number of anilines is 1. The molecule has 0 bridgehead atoms. The zero-order valence-electron chi connectivity index (χ0n) is 8.54. The van der Waals surface area contributed by atoms with Gasteiger partial charge >= 0.3 is 6.03 Å². The van der Waals surface area contributed by atoms with Crippen molar-refractivity contribution < 1.29 is 9.59 Å². The van der Waals surface area contributed by atoms with Crippen LogP contribution in [0.3, 0.4) is 0 Å². The first-order valence-corrected chi connectivity index (χ1v) is 5.14. The first kappa shape index (κ1) is 9.21. The first-order valence-electron chi connectivity index (χ1n) is 5.14. The molecule has 3 amide bonds. The van der Waals surface area contributed by atoms with Crippen molar-refractivity contribution in [2.24, 2.45) is 0 Å². The number of urea groups is 1. The van der Waals surface area contributed by atoms with Gasteiger partial charge in [-0.1, -0.05) is 6.07 Å². The summed E-state index contributed by atoms with van der Waals surface area (Å²) < 4.78 is 0. The molecular formula is C11H11N3O2. The van der Waals surface area contributed by atoms with Crippen molar-refractivity contribution >= 4 is 17.6 Å². The summed E-state index contributed by atoms with van der Waals surface area (Å²) >= 11 is 0. The molecule has 1 spiro atoms. The predicted molar refractivity (Wildman–Crippen MR) is 57.5 cm³/mol. The number of hydrogen-bond acceptors (Lipinski definition) is 3. The number of amides is 3. The third kappa shape index (κ3) is 0.997. The Morgan fingerprint density at radius 2 is 2.12 bits per heavy atom. The minimum absolute atomic E-state index is 0.276. The normalized spacial score (nSPS) is 26.8. The predicted octanol–water partition coefficient (Wildman–Crippen LogP) is 0.250. The van der Waals surface area contributed by atoms with Crippen LogP contribution in [0.15, 0.2) is 18.2 Å². The molecule has 1 aliphatic carbocycles. The van der Waals surface area contributed by atoms with Crippen LogP contribution in [-0.2, 0) is 16.8 Å². The number of fused-ring (bicyclic) bond motifs is 2. The summed E-state index contributed by atoms with van der Waals surface area (Å²) in [4.78, 5) is 23.1. The van der Waals surface area contributed by atoms with E-state index in [-0.39, 0.29) is 5.91 Å². The minimum atomic E-state index is -0.887. The summed E-state index contributed by atoms with van der Waals surface area (Å²) in [5, 5.41) is 4.99. The van der Waals surface area contributed by atoms with Gasteiger partial charge in [-0.2, -0.15) is 0 Å². The van der Waals surface area contributed by atoms with Crippen molar-refractivity contribution in [1.82, 2.24) is 10.6 Å². The number of carbonyl (C=O) groups excluding carboxylic acids is 2. The number of carbonyl (C=O) groups is 2. The van der Waals surface area contributed by atoms with E-state index in [0.717, 1.165) is 17.5 Å². The maximum Gasteiger partial charge on any atom is 0.322 e. The fraction of sp³-hybridized carbons (Fsp3) is 0.273. The van der Waals surface area contributed by atoms with E-state index >= 15 is 0 Å². The highest BCUT2D eigenvalue weighted by Crippen LogP contribution is 2.39. The molecule has 4 N–H and O–H groups in total. The highest BCUT2D eigenvalue weighted by atomic mass is 16.2. The first-order chi connectivity index (χ1) is 7.62. The van der Waals surface area contributed by atoms with Crippen molar-refractivity contribution in [3.63, 3.8) is 0 Å².